The summed E-state index contributed by atoms with van der Waals surface area (Å²) in [6, 6.07) is 11.1. The molecule has 2 aromatic rings. The highest BCUT2D eigenvalue weighted by Gasteiger charge is 2.29. The summed E-state index contributed by atoms with van der Waals surface area (Å²) >= 11 is 0. The fraction of sp³-hybridized carbons (Fsp3) is 0.353. The third kappa shape index (κ3) is 3.17. The largest absolute Gasteiger partial charge is 0.398 e. The number of aryl methyl sites for hydroxylation is 1. The zero-order valence-electron chi connectivity index (χ0n) is 11.9. The number of nitrogens with zero attached hydrogens (tertiary/aromatic N) is 2. The molecule has 1 aliphatic rings. The van der Waals surface area contributed by atoms with E-state index in [2.05, 4.69) is 35.0 Å². The monoisotopic (exact) mass is 267 g/mol. The second-order valence-corrected chi connectivity index (χ2v) is 5.71. The Morgan fingerprint density at radius 1 is 1.20 bits per heavy atom. The van der Waals surface area contributed by atoms with Crippen molar-refractivity contribution in [2.45, 2.75) is 38.9 Å². The van der Waals surface area contributed by atoms with Gasteiger partial charge in [-0.05, 0) is 42.5 Å². The molecule has 0 spiro atoms. The second-order valence-electron chi connectivity index (χ2n) is 5.71. The number of pyridine rings is 1. The third-order valence-electron chi connectivity index (χ3n) is 3.81. The van der Waals surface area contributed by atoms with E-state index in [9.17, 15) is 0 Å². The quantitative estimate of drug-likeness (QED) is 0.846. The molecule has 1 aromatic heterocycles. The number of hydrogen-bond donors (Lipinski definition) is 1. The van der Waals surface area contributed by atoms with Crippen LogP contribution in [0.15, 0.2) is 42.7 Å². The van der Waals surface area contributed by atoms with Crippen LogP contribution in [0.1, 0.15) is 29.5 Å². The summed E-state index contributed by atoms with van der Waals surface area (Å²) in [7, 11) is 0. The van der Waals surface area contributed by atoms with E-state index in [0.29, 0.717) is 6.04 Å². The molecule has 3 rings (SSSR count). The number of para-hydroxylation sites is 1. The Bertz CT molecular complexity index is 590. The van der Waals surface area contributed by atoms with E-state index in [1.807, 2.05) is 24.5 Å². The molecule has 3 heteroatoms. The minimum absolute atomic E-state index is 0.704. The molecule has 104 valence electrons. The maximum Gasteiger partial charge on any atom is 0.0359 e. The highest BCUT2D eigenvalue weighted by molar-refractivity contribution is 5.46. The van der Waals surface area contributed by atoms with Gasteiger partial charge in [0.05, 0.1) is 0 Å². The molecule has 1 saturated carbocycles. The van der Waals surface area contributed by atoms with E-state index >= 15 is 0 Å². The van der Waals surface area contributed by atoms with E-state index in [0.717, 1.165) is 18.8 Å². The molecular weight excluding hydrogens is 246 g/mol. The Morgan fingerprint density at radius 3 is 2.70 bits per heavy atom. The van der Waals surface area contributed by atoms with Gasteiger partial charge in [0.1, 0.15) is 0 Å². The van der Waals surface area contributed by atoms with Crippen LogP contribution in [-0.2, 0) is 13.1 Å². The van der Waals surface area contributed by atoms with Gasteiger partial charge in [-0.1, -0.05) is 24.3 Å². The van der Waals surface area contributed by atoms with Crippen LogP contribution < -0.4 is 5.73 Å². The SMILES string of the molecule is Cc1cncc(CN(Cc2ccccc2N)C2CC2)c1. The lowest BCUT2D eigenvalue weighted by Crippen LogP contribution is -2.25. The minimum Gasteiger partial charge on any atom is -0.398 e. The van der Waals surface area contributed by atoms with Crippen molar-refractivity contribution in [3.8, 4) is 0 Å². The lowest BCUT2D eigenvalue weighted by Gasteiger charge is -2.23. The number of anilines is 1. The topological polar surface area (TPSA) is 42.2 Å². The number of benzene rings is 1. The first-order valence-electron chi connectivity index (χ1n) is 7.20. The highest BCUT2D eigenvalue weighted by Crippen LogP contribution is 2.30. The summed E-state index contributed by atoms with van der Waals surface area (Å²) in [4.78, 5) is 6.81. The van der Waals surface area contributed by atoms with E-state index in [1.54, 1.807) is 0 Å². The van der Waals surface area contributed by atoms with Gasteiger partial charge in [-0.3, -0.25) is 9.88 Å². The fourth-order valence-corrected chi connectivity index (χ4v) is 2.59. The number of aromatic nitrogens is 1. The van der Waals surface area contributed by atoms with Crippen LogP contribution in [0.5, 0.6) is 0 Å². The molecule has 1 aromatic carbocycles. The Labute approximate surface area is 120 Å². The first-order chi connectivity index (χ1) is 9.72. The molecule has 0 aliphatic heterocycles. The van der Waals surface area contributed by atoms with Crippen molar-refractivity contribution >= 4 is 5.69 Å². The van der Waals surface area contributed by atoms with Crippen molar-refractivity contribution in [3.05, 3.63) is 59.4 Å². The van der Waals surface area contributed by atoms with Crippen LogP contribution in [0.25, 0.3) is 0 Å². The summed E-state index contributed by atoms with van der Waals surface area (Å²) in [5.41, 5.74) is 10.7. The number of rotatable bonds is 5. The van der Waals surface area contributed by atoms with Crippen molar-refractivity contribution < 1.29 is 0 Å². The molecule has 0 unspecified atom stereocenters. The predicted octanol–water partition coefficient (Wildman–Crippen LogP) is 3.14. The Morgan fingerprint density at radius 2 is 2.00 bits per heavy atom. The molecule has 0 radical (unpaired) electrons. The molecule has 1 heterocycles. The number of nitrogen functional groups attached to an aromatic ring is 1. The predicted molar refractivity (Wildman–Crippen MR) is 82.1 cm³/mol. The highest BCUT2D eigenvalue weighted by atomic mass is 15.2. The van der Waals surface area contributed by atoms with Gasteiger partial charge in [-0.15, -0.1) is 0 Å². The van der Waals surface area contributed by atoms with Crippen molar-refractivity contribution in [2.24, 2.45) is 0 Å². The fourth-order valence-electron chi connectivity index (χ4n) is 2.59. The zero-order valence-corrected chi connectivity index (χ0v) is 11.9. The summed E-state index contributed by atoms with van der Waals surface area (Å²) in [5.74, 6) is 0. The molecule has 1 aliphatic carbocycles. The van der Waals surface area contributed by atoms with E-state index < -0.39 is 0 Å². The van der Waals surface area contributed by atoms with Gasteiger partial charge in [0, 0.05) is 37.2 Å². The normalized spacial score (nSPS) is 14.7. The van der Waals surface area contributed by atoms with Crippen molar-refractivity contribution in [1.29, 1.82) is 0 Å². The van der Waals surface area contributed by atoms with Gasteiger partial charge >= 0.3 is 0 Å². The molecule has 2 N–H and O–H groups in total. The van der Waals surface area contributed by atoms with Crippen LogP contribution in [-0.4, -0.2) is 15.9 Å². The van der Waals surface area contributed by atoms with Gasteiger partial charge < -0.3 is 5.73 Å². The number of hydrogen-bond acceptors (Lipinski definition) is 3. The minimum atomic E-state index is 0.704. The van der Waals surface area contributed by atoms with Gasteiger partial charge in [0.15, 0.2) is 0 Å². The average molecular weight is 267 g/mol. The first-order valence-corrected chi connectivity index (χ1v) is 7.20. The number of nitrogens with two attached hydrogens (primary N) is 1. The van der Waals surface area contributed by atoms with Gasteiger partial charge in [-0.25, -0.2) is 0 Å². The summed E-state index contributed by atoms with van der Waals surface area (Å²) in [6.07, 6.45) is 6.47. The van der Waals surface area contributed by atoms with Gasteiger partial charge in [-0.2, -0.15) is 0 Å². The molecule has 0 saturated heterocycles. The zero-order chi connectivity index (χ0) is 13.9. The molecule has 0 amide bonds. The summed E-state index contributed by atoms with van der Waals surface area (Å²) in [5, 5.41) is 0. The standard InChI is InChI=1S/C17H21N3/c1-13-8-14(10-19-9-13)11-20(16-6-7-16)12-15-4-2-3-5-17(15)18/h2-5,8-10,16H,6-7,11-12,18H2,1H3. The average Bonchev–Trinajstić information content (AvgIpc) is 3.25. The van der Waals surface area contributed by atoms with Crippen LogP contribution in [0, 0.1) is 6.92 Å². The van der Waals surface area contributed by atoms with E-state index in [4.69, 9.17) is 5.73 Å². The maximum atomic E-state index is 6.07. The molecule has 0 atom stereocenters. The molecule has 0 bridgehead atoms. The summed E-state index contributed by atoms with van der Waals surface area (Å²) in [6.45, 7) is 3.96. The van der Waals surface area contributed by atoms with E-state index in [-0.39, 0.29) is 0 Å². The van der Waals surface area contributed by atoms with Gasteiger partial charge in [0.2, 0.25) is 0 Å². The lowest BCUT2D eigenvalue weighted by atomic mass is 10.1. The summed E-state index contributed by atoms with van der Waals surface area (Å²) < 4.78 is 0. The smallest absolute Gasteiger partial charge is 0.0359 e. The van der Waals surface area contributed by atoms with Crippen LogP contribution in [0.2, 0.25) is 0 Å². The Kier molecular flexibility index (Phi) is 3.70. The van der Waals surface area contributed by atoms with Crippen LogP contribution in [0.4, 0.5) is 5.69 Å². The van der Waals surface area contributed by atoms with E-state index in [1.165, 1.54) is 29.5 Å². The van der Waals surface area contributed by atoms with Crippen LogP contribution in [0.3, 0.4) is 0 Å². The lowest BCUT2D eigenvalue weighted by molar-refractivity contribution is 0.246. The van der Waals surface area contributed by atoms with Crippen molar-refractivity contribution in [2.75, 3.05) is 5.73 Å². The van der Waals surface area contributed by atoms with Crippen LogP contribution >= 0.6 is 0 Å². The molecule has 3 nitrogen and oxygen atoms in total. The van der Waals surface area contributed by atoms with Gasteiger partial charge in [0.25, 0.3) is 0 Å². The van der Waals surface area contributed by atoms with Crippen molar-refractivity contribution in [3.63, 3.8) is 0 Å². The van der Waals surface area contributed by atoms with Crippen molar-refractivity contribution in [1.82, 2.24) is 9.88 Å². The first kappa shape index (κ1) is 13.1. The molecular formula is C17H21N3. The molecule has 1 fully saturated rings. The Hall–Kier alpha value is -1.87. The molecule has 20 heavy (non-hydrogen) atoms. The third-order valence-corrected chi connectivity index (χ3v) is 3.81. The maximum absolute atomic E-state index is 6.07. The second kappa shape index (κ2) is 5.63. The Balaban J connectivity index is 1.75.